The van der Waals surface area contributed by atoms with Crippen molar-refractivity contribution in [2.24, 2.45) is 0 Å². The van der Waals surface area contributed by atoms with E-state index >= 15 is 0 Å². The number of rotatable bonds is 4. The zero-order chi connectivity index (χ0) is 16.6. The summed E-state index contributed by atoms with van der Waals surface area (Å²) in [7, 11) is 7.11. The average Bonchev–Trinajstić information content (AvgIpc) is 2.43. The molecule has 0 saturated carbocycles. The zero-order valence-corrected chi connectivity index (χ0v) is 12.7. The molecule has 8 heteroatoms. The summed E-state index contributed by atoms with van der Waals surface area (Å²) >= 11 is 0. The van der Waals surface area contributed by atoms with Crippen LogP contribution in [0.4, 0.5) is 22.7 Å². The summed E-state index contributed by atoms with van der Waals surface area (Å²) in [5.74, 6) is 0. The number of nitro groups is 2. The third-order valence-electron chi connectivity index (χ3n) is 3.36. The predicted molar refractivity (Wildman–Crippen MR) is 85.9 cm³/mol. The summed E-state index contributed by atoms with van der Waals surface area (Å²) in [5, 5.41) is 23.4. The molecule has 0 amide bonds. The molecule has 0 aliphatic rings. The van der Waals surface area contributed by atoms with Crippen LogP contribution in [0.3, 0.4) is 0 Å². The molecule has 0 heterocycles. The Hall–Kier alpha value is -2.90. The van der Waals surface area contributed by atoms with E-state index in [1.807, 2.05) is 0 Å². The number of anilines is 2. The fraction of sp³-hybridized carbons (Fsp3) is 0.286. The van der Waals surface area contributed by atoms with Crippen LogP contribution in [0.2, 0.25) is 0 Å². The fourth-order valence-electron chi connectivity index (χ4n) is 2.36. The van der Waals surface area contributed by atoms with Crippen molar-refractivity contribution in [2.75, 3.05) is 38.0 Å². The van der Waals surface area contributed by atoms with Crippen LogP contribution in [0.1, 0.15) is 0 Å². The van der Waals surface area contributed by atoms with Crippen LogP contribution in [0, 0.1) is 20.2 Å². The van der Waals surface area contributed by atoms with Gasteiger partial charge >= 0.3 is 0 Å². The number of nitro benzene ring substituents is 2. The standard InChI is InChI=1S/C14H16N4O4/c1-15(2)12-7-10(17(19)20)5-9-6-11(18(21)22)8-13(14(9)12)16(3)4/h5-8H,1-4H3. The SMILES string of the molecule is CN(C)c1cc([N+](=O)[O-])cc2cc([N+](=O)[O-])cc(N(C)C)c12. The highest BCUT2D eigenvalue weighted by molar-refractivity contribution is 6.06. The number of fused-ring (bicyclic) bond motifs is 1. The quantitative estimate of drug-likeness (QED) is 0.637. The van der Waals surface area contributed by atoms with Crippen molar-refractivity contribution in [2.45, 2.75) is 0 Å². The smallest absolute Gasteiger partial charge is 0.272 e. The molecule has 2 aromatic carbocycles. The summed E-state index contributed by atoms with van der Waals surface area (Å²) in [6.07, 6.45) is 0. The molecule has 0 fully saturated rings. The van der Waals surface area contributed by atoms with Gasteiger partial charge in [0, 0.05) is 57.8 Å². The third kappa shape index (κ3) is 2.62. The van der Waals surface area contributed by atoms with E-state index in [0.29, 0.717) is 16.8 Å². The monoisotopic (exact) mass is 304 g/mol. The summed E-state index contributed by atoms with van der Waals surface area (Å²) in [6.45, 7) is 0. The van der Waals surface area contributed by atoms with Gasteiger partial charge in [0.1, 0.15) is 0 Å². The van der Waals surface area contributed by atoms with Gasteiger partial charge in [-0.15, -0.1) is 0 Å². The first-order valence-electron chi connectivity index (χ1n) is 6.47. The first kappa shape index (κ1) is 15.5. The van der Waals surface area contributed by atoms with Crippen LogP contribution in [0.25, 0.3) is 10.8 Å². The van der Waals surface area contributed by atoms with Gasteiger partial charge in [-0.05, 0) is 5.39 Å². The van der Waals surface area contributed by atoms with Crippen LogP contribution in [-0.2, 0) is 0 Å². The molecule has 2 rings (SSSR count). The number of nitrogens with zero attached hydrogens (tertiary/aromatic N) is 4. The van der Waals surface area contributed by atoms with Gasteiger partial charge in [-0.1, -0.05) is 0 Å². The van der Waals surface area contributed by atoms with E-state index in [1.54, 1.807) is 38.0 Å². The minimum atomic E-state index is -0.499. The Morgan fingerprint density at radius 2 is 1.14 bits per heavy atom. The van der Waals surface area contributed by atoms with Crippen molar-refractivity contribution in [1.82, 2.24) is 0 Å². The van der Waals surface area contributed by atoms with Crippen molar-refractivity contribution in [3.05, 3.63) is 44.5 Å². The van der Waals surface area contributed by atoms with Crippen LogP contribution >= 0.6 is 0 Å². The van der Waals surface area contributed by atoms with Crippen molar-refractivity contribution < 1.29 is 9.85 Å². The summed E-state index contributed by atoms with van der Waals surface area (Å²) in [4.78, 5) is 24.7. The topological polar surface area (TPSA) is 92.8 Å². The van der Waals surface area contributed by atoms with E-state index in [1.165, 1.54) is 24.3 Å². The van der Waals surface area contributed by atoms with Crippen LogP contribution in [0.5, 0.6) is 0 Å². The van der Waals surface area contributed by atoms with Gasteiger partial charge in [0.2, 0.25) is 0 Å². The summed E-state index contributed by atoms with van der Waals surface area (Å²) in [6, 6.07) is 5.67. The Morgan fingerprint density at radius 1 is 0.773 bits per heavy atom. The second-order valence-corrected chi connectivity index (χ2v) is 5.33. The highest BCUT2D eigenvalue weighted by Crippen LogP contribution is 2.39. The highest BCUT2D eigenvalue weighted by atomic mass is 16.6. The molecule has 0 unspecified atom stereocenters. The van der Waals surface area contributed by atoms with Crippen molar-refractivity contribution >= 4 is 33.5 Å². The van der Waals surface area contributed by atoms with Crippen molar-refractivity contribution in [1.29, 1.82) is 0 Å². The first-order valence-corrected chi connectivity index (χ1v) is 6.47. The number of non-ortho nitro benzene ring substituents is 2. The number of hydrogen-bond acceptors (Lipinski definition) is 6. The van der Waals surface area contributed by atoms with Crippen LogP contribution in [-0.4, -0.2) is 38.0 Å². The van der Waals surface area contributed by atoms with E-state index in [4.69, 9.17) is 0 Å². The third-order valence-corrected chi connectivity index (χ3v) is 3.36. The van der Waals surface area contributed by atoms with Gasteiger partial charge in [-0.2, -0.15) is 0 Å². The van der Waals surface area contributed by atoms with Gasteiger partial charge in [0.25, 0.3) is 11.4 Å². The molecule has 8 nitrogen and oxygen atoms in total. The molecule has 0 aliphatic carbocycles. The average molecular weight is 304 g/mol. The first-order chi connectivity index (χ1) is 10.2. The Kier molecular flexibility index (Phi) is 3.85. The van der Waals surface area contributed by atoms with Crippen molar-refractivity contribution in [3.63, 3.8) is 0 Å². The lowest BCUT2D eigenvalue weighted by atomic mass is 10.0. The highest BCUT2D eigenvalue weighted by Gasteiger charge is 2.20. The maximum atomic E-state index is 11.1. The second kappa shape index (κ2) is 5.47. The van der Waals surface area contributed by atoms with Gasteiger partial charge in [0.15, 0.2) is 0 Å². The van der Waals surface area contributed by atoms with E-state index in [2.05, 4.69) is 0 Å². The molecule has 2 aromatic rings. The maximum Gasteiger partial charge on any atom is 0.272 e. The number of hydrogen-bond donors (Lipinski definition) is 0. The molecular formula is C14H16N4O4. The second-order valence-electron chi connectivity index (χ2n) is 5.33. The lowest BCUT2D eigenvalue weighted by Crippen LogP contribution is -2.14. The van der Waals surface area contributed by atoms with Crippen LogP contribution in [0.15, 0.2) is 24.3 Å². The zero-order valence-electron chi connectivity index (χ0n) is 12.7. The molecule has 0 bridgehead atoms. The van der Waals surface area contributed by atoms with E-state index in [0.717, 1.165) is 5.39 Å². The Balaban J connectivity index is 2.96. The minimum absolute atomic E-state index is 0.0959. The van der Waals surface area contributed by atoms with Gasteiger partial charge in [-0.3, -0.25) is 20.2 Å². The molecule has 22 heavy (non-hydrogen) atoms. The molecular weight excluding hydrogens is 288 g/mol. The molecule has 116 valence electrons. The fourth-order valence-corrected chi connectivity index (χ4v) is 2.36. The Bertz CT molecular complexity index is 710. The molecule has 0 aromatic heterocycles. The largest absolute Gasteiger partial charge is 0.377 e. The maximum absolute atomic E-state index is 11.1. The molecule has 0 aliphatic heterocycles. The van der Waals surface area contributed by atoms with E-state index in [9.17, 15) is 20.2 Å². The molecule has 0 radical (unpaired) electrons. The minimum Gasteiger partial charge on any atom is -0.377 e. The molecule has 0 N–H and O–H groups in total. The summed E-state index contributed by atoms with van der Waals surface area (Å²) in [5.41, 5.74) is 1.09. The summed E-state index contributed by atoms with van der Waals surface area (Å²) < 4.78 is 0. The van der Waals surface area contributed by atoms with Crippen LogP contribution < -0.4 is 9.80 Å². The van der Waals surface area contributed by atoms with E-state index in [-0.39, 0.29) is 11.4 Å². The molecule has 0 atom stereocenters. The van der Waals surface area contributed by atoms with Crippen molar-refractivity contribution in [3.8, 4) is 0 Å². The van der Waals surface area contributed by atoms with Gasteiger partial charge in [-0.25, -0.2) is 0 Å². The predicted octanol–water partition coefficient (Wildman–Crippen LogP) is 2.79. The van der Waals surface area contributed by atoms with E-state index < -0.39 is 9.85 Å². The van der Waals surface area contributed by atoms with Gasteiger partial charge in [0.05, 0.1) is 21.2 Å². The Labute approximate surface area is 126 Å². The molecule has 0 saturated heterocycles. The lowest BCUT2D eigenvalue weighted by Gasteiger charge is -2.21. The molecule has 0 spiro atoms. The lowest BCUT2D eigenvalue weighted by molar-refractivity contribution is -0.385. The van der Waals surface area contributed by atoms with Gasteiger partial charge < -0.3 is 9.80 Å². The normalized spacial score (nSPS) is 10.5. The Morgan fingerprint density at radius 3 is 1.41 bits per heavy atom. The number of benzene rings is 2.